The molecule has 2 aliphatic carbocycles. The highest BCUT2D eigenvalue weighted by atomic mass is 19.3. The average molecular weight is 547 g/mol. The van der Waals surface area contributed by atoms with E-state index in [9.17, 15) is 28.3 Å². The summed E-state index contributed by atoms with van der Waals surface area (Å²) in [5, 5.41) is 18.3. The van der Waals surface area contributed by atoms with Crippen LogP contribution >= 0.6 is 0 Å². The molecule has 3 aliphatic rings. The molecule has 12 heteroatoms. The van der Waals surface area contributed by atoms with Crippen LogP contribution in [0.3, 0.4) is 0 Å². The lowest BCUT2D eigenvalue weighted by molar-refractivity contribution is -0.139. The van der Waals surface area contributed by atoms with Crippen LogP contribution in [0.2, 0.25) is 0 Å². The SMILES string of the molecule is Cc1nn2c(=O)c(C(=O)NC3CC3)c(O)n(CC(C)(C)C)c2c1C=CC(=O)N1CCN(C2CC(F)(F)C2)CC1. The van der Waals surface area contributed by atoms with Gasteiger partial charge in [0.05, 0.1) is 5.69 Å². The van der Waals surface area contributed by atoms with E-state index in [1.165, 1.54) is 10.6 Å². The molecule has 3 heterocycles. The molecule has 5 rings (SSSR count). The van der Waals surface area contributed by atoms with Crippen LogP contribution in [-0.4, -0.2) is 85.1 Å². The van der Waals surface area contributed by atoms with E-state index in [2.05, 4.69) is 10.4 Å². The third-order valence-corrected chi connectivity index (χ3v) is 7.60. The van der Waals surface area contributed by atoms with E-state index >= 15 is 0 Å². The largest absolute Gasteiger partial charge is 0.494 e. The van der Waals surface area contributed by atoms with Crippen molar-refractivity contribution in [3.05, 3.63) is 33.3 Å². The van der Waals surface area contributed by atoms with Crippen molar-refractivity contribution in [1.82, 2.24) is 29.3 Å². The predicted molar refractivity (Wildman–Crippen MR) is 141 cm³/mol. The van der Waals surface area contributed by atoms with Crippen molar-refractivity contribution in [2.75, 3.05) is 26.2 Å². The van der Waals surface area contributed by atoms with E-state index in [0.717, 1.165) is 17.4 Å². The number of alkyl halides is 2. The number of carbonyl (C=O) groups excluding carboxylic acids is 2. The number of aromatic nitrogens is 3. The fraction of sp³-hybridized carbons (Fsp3) is 0.630. The minimum atomic E-state index is -2.57. The van der Waals surface area contributed by atoms with E-state index in [4.69, 9.17) is 0 Å². The molecule has 1 aliphatic heterocycles. The average Bonchev–Trinajstić information content (AvgIpc) is 3.58. The molecule has 2 aromatic rings. The Balaban J connectivity index is 1.42. The lowest BCUT2D eigenvalue weighted by Crippen LogP contribution is -2.57. The van der Waals surface area contributed by atoms with Gasteiger partial charge in [0.25, 0.3) is 17.4 Å². The number of amides is 2. The van der Waals surface area contributed by atoms with Gasteiger partial charge >= 0.3 is 0 Å². The number of halogens is 2. The molecule has 0 spiro atoms. The summed E-state index contributed by atoms with van der Waals surface area (Å²) < 4.78 is 29.1. The molecule has 212 valence electrons. The summed E-state index contributed by atoms with van der Waals surface area (Å²) in [6, 6.07) is -0.124. The molecule has 2 aromatic heterocycles. The number of nitrogens with zero attached hydrogens (tertiary/aromatic N) is 5. The van der Waals surface area contributed by atoms with Crippen molar-refractivity contribution in [1.29, 1.82) is 0 Å². The summed E-state index contributed by atoms with van der Waals surface area (Å²) in [5.41, 5.74) is -0.144. The van der Waals surface area contributed by atoms with Crippen molar-refractivity contribution >= 4 is 23.5 Å². The molecule has 0 atom stereocenters. The smallest absolute Gasteiger partial charge is 0.291 e. The normalized spacial score (nSPS) is 20.5. The Labute approximate surface area is 225 Å². The predicted octanol–water partition coefficient (Wildman–Crippen LogP) is 2.40. The standard InChI is InChI=1S/C27H36F2N6O4/c1-16-19(7-8-20(36)33-11-9-32(10-12-33)18-13-27(28,29)14-18)23-34(15-26(2,3)4)24(38)21(25(39)35(23)31-16)22(37)30-17-5-6-17/h7-8,17-18,38H,5-6,9-15H2,1-4H3,(H,30,37). The van der Waals surface area contributed by atoms with Gasteiger partial charge in [0.2, 0.25) is 11.8 Å². The van der Waals surface area contributed by atoms with E-state index in [-0.39, 0.29) is 48.4 Å². The molecule has 3 fully saturated rings. The summed E-state index contributed by atoms with van der Waals surface area (Å²) in [7, 11) is 0. The zero-order chi connectivity index (χ0) is 28.3. The monoisotopic (exact) mass is 546 g/mol. The number of hydrogen-bond donors (Lipinski definition) is 2. The lowest BCUT2D eigenvalue weighted by Gasteiger charge is -2.46. The molecule has 1 saturated heterocycles. The van der Waals surface area contributed by atoms with E-state index in [0.29, 0.717) is 43.1 Å². The van der Waals surface area contributed by atoms with Gasteiger partial charge in [-0.15, -0.1) is 0 Å². The second-order valence-corrected chi connectivity index (χ2v) is 12.2. The molecule has 2 amide bonds. The van der Waals surface area contributed by atoms with Crippen molar-refractivity contribution in [3.63, 3.8) is 0 Å². The first-order chi connectivity index (χ1) is 18.2. The Morgan fingerprint density at radius 3 is 2.36 bits per heavy atom. The molecular weight excluding hydrogens is 510 g/mol. The number of aromatic hydroxyl groups is 1. The fourth-order valence-electron chi connectivity index (χ4n) is 5.32. The van der Waals surface area contributed by atoms with Gasteiger partial charge in [-0.3, -0.25) is 23.9 Å². The highest BCUT2D eigenvalue weighted by Crippen LogP contribution is 2.40. The number of aryl methyl sites for hydroxylation is 1. The Morgan fingerprint density at radius 1 is 1.15 bits per heavy atom. The number of hydrogen-bond acceptors (Lipinski definition) is 6. The Bertz CT molecular complexity index is 1390. The quantitative estimate of drug-likeness (QED) is 0.539. The van der Waals surface area contributed by atoms with Crippen LogP contribution in [0.1, 0.15) is 68.1 Å². The summed E-state index contributed by atoms with van der Waals surface area (Å²) in [6.07, 6.45) is 4.42. The van der Waals surface area contributed by atoms with Crippen molar-refractivity contribution in [2.24, 2.45) is 5.41 Å². The van der Waals surface area contributed by atoms with Gasteiger partial charge in [0.1, 0.15) is 5.65 Å². The van der Waals surface area contributed by atoms with E-state index in [1.807, 2.05) is 25.7 Å². The van der Waals surface area contributed by atoms with E-state index < -0.39 is 23.3 Å². The van der Waals surface area contributed by atoms with E-state index in [1.54, 1.807) is 17.9 Å². The first-order valence-corrected chi connectivity index (χ1v) is 13.5. The van der Waals surface area contributed by atoms with Gasteiger partial charge in [-0.2, -0.15) is 9.61 Å². The number of piperazine rings is 1. The van der Waals surface area contributed by atoms with Crippen molar-refractivity contribution < 1.29 is 23.5 Å². The summed E-state index contributed by atoms with van der Waals surface area (Å²) in [5.74, 6) is -3.87. The first kappa shape index (κ1) is 27.3. The van der Waals surface area contributed by atoms with Gasteiger partial charge in [0, 0.05) is 69.3 Å². The number of nitrogens with one attached hydrogen (secondary N) is 1. The van der Waals surface area contributed by atoms with Gasteiger partial charge in [-0.25, -0.2) is 8.78 Å². The van der Waals surface area contributed by atoms with Crippen LogP contribution in [0, 0.1) is 12.3 Å². The van der Waals surface area contributed by atoms with Crippen molar-refractivity contribution in [3.8, 4) is 5.88 Å². The Morgan fingerprint density at radius 2 is 1.79 bits per heavy atom. The van der Waals surface area contributed by atoms with Crippen LogP contribution in [0.15, 0.2) is 10.9 Å². The summed E-state index contributed by atoms with van der Waals surface area (Å²) in [6.45, 7) is 9.86. The maximum atomic E-state index is 13.3. The van der Waals surface area contributed by atoms with Gasteiger partial charge in [0.15, 0.2) is 5.56 Å². The van der Waals surface area contributed by atoms with Gasteiger partial charge in [-0.1, -0.05) is 20.8 Å². The highest BCUT2D eigenvalue weighted by Gasteiger charge is 2.48. The lowest BCUT2D eigenvalue weighted by atomic mass is 9.86. The minimum absolute atomic E-state index is 0.00320. The Kier molecular flexibility index (Phi) is 6.80. The van der Waals surface area contributed by atoms with Crippen LogP contribution in [-0.2, 0) is 11.3 Å². The number of fused-ring (bicyclic) bond motifs is 1. The zero-order valence-corrected chi connectivity index (χ0v) is 22.8. The summed E-state index contributed by atoms with van der Waals surface area (Å²) >= 11 is 0. The van der Waals surface area contributed by atoms with Crippen LogP contribution in [0.4, 0.5) is 8.78 Å². The Hall–Kier alpha value is -3.28. The first-order valence-electron chi connectivity index (χ1n) is 13.5. The van der Waals surface area contributed by atoms with Crippen molar-refractivity contribution in [2.45, 2.75) is 77.9 Å². The molecule has 0 radical (unpaired) electrons. The number of rotatable bonds is 6. The third-order valence-electron chi connectivity index (χ3n) is 7.60. The van der Waals surface area contributed by atoms with Gasteiger partial charge < -0.3 is 15.3 Å². The molecule has 0 bridgehead atoms. The molecule has 0 aromatic carbocycles. The molecule has 39 heavy (non-hydrogen) atoms. The molecule has 2 N–H and O–H groups in total. The second kappa shape index (κ2) is 9.72. The molecular formula is C27H36F2N6O4. The zero-order valence-electron chi connectivity index (χ0n) is 22.8. The topological polar surface area (TPSA) is 112 Å². The maximum absolute atomic E-state index is 13.3. The van der Waals surface area contributed by atoms with Crippen LogP contribution < -0.4 is 10.9 Å². The number of carbonyl (C=O) groups is 2. The molecule has 0 unspecified atom stereocenters. The van der Waals surface area contributed by atoms with Crippen LogP contribution in [0.5, 0.6) is 5.88 Å². The molecule has 10 nitrogen and oxygen atoms in total. The molecule has 2 saturated carbocycles. The maximum Gasteiger partial charge on any atom is 0.291 e. The fourth-order valence-corrected chi connectivity index (χ4v) is 5.32. The van der Waals surface area contributed by atoms with Gasteiger partial charge in [-0.05, 0) is 31.3 Å². The highest BCUT2D eigenvalue weighted by molar-refractivity contribution is 5.97. The second-order valence-electron chi connectivity index (χ2n) is 12.2. The van der Waals surface area contributed by atoms with Crippen LogP contribution in [0.25, 0.3) is 11.7 Å². The summed E-state index contributed by atoms with van der Waals surface area (Å²) in [4.78, 5) is 42.9. The minimum Gasteiger partial charge on any atom is -0.494 e. The third kappa shape index (κ3) is 5.57.